The summed E-state index contributed by atoms with van der Waals surface area (Å²) in [6.45, 7) is 2.79. The van der Waals surface area contributed by atoms with Crippen LogP contribution >= 0.6 is 23.2 Å². The normalized spacial score (nSPS) is 12.4. The fourth-order valence-corrected chi connectivity index (χ4v) is 4.48. The number of halogens is 2. The second kappa shape index (κ2) is 8.09. The molecule has 2 aromatic heterocycles. The molecule has 0 saturated carbocycles. The Labute approximate surface area is 193 Å². The maximum absolute atomic E-state index is 6.33. The molecule has 7 N–H and O–H groups in total. The summed E-state index contributed by atoms with van der Waals surface area (Å²) in [5.41, 5.74) is 9.46. The number of aromatic amines is 2. The van der Waals surface area contributed by atoms with E-state index in [2.05, 4.69) is 21.1 Å². The quantitative estimate of drug-likeness (QED) is 0.0859. The molecular formula is C23H23Cl2N6O+. The number of benzene rings is 3. The van der Waals surface area contributed by atoms with Crippen molar-refractivity contribution in [1.82, 2.24) is 15.1 Å². The molecule has 7 nitrogen and oxygen atoms in total. The summed E-state index contributed by atoms with van der Waals surface area (Å²) in [4.78, 5) is 7.00. The summed E-state index contributed by atoms with van der Waals surface area (Å²) >= 11 is 12.6. The number of fused-ring (bicyclic) bond motifs is 6. The lowest BCUT2D eigenvalue weighted by atomic mass is 10.1. The zero-order valence-electron chi connectivity index (χ0n) is 17.4. The first-order valence-electron chi connectivity index (χ1n) is 10.3. The first-order valence-corrected chi connectivity index (χ1v) is 11.0. The Balaban J connectivity index is 1.63. The van der Waals surface area contributed by atoms with Gasteiger partial charge >= 0.3 is 0 Å². The van der Waals surface area contributed by atoms with Crippen molar-refractivity contribution in [2.24, 2.45) is 11.6 Å². The number of ether oxygens (including phenoxy) is 1. The molecule has 9 heteroatoms. The molecule has 0 aliphatic rings. The average molecular weight is 470 g/mol. The molecule has 3 aromatic carbocycles. The van der Waals surface area contributed by atoms with Gasteiger partial charge in [0.1, 0.15) is 0 Å². The minimum absolute atomic E-state index is 0.472. The summed E-state index contributed by atoms with van der Waals surface area (Å²) in [5, 5.41) is 9.85. The van der Waals surface area contributed by atoms with Crippen molar-refractivity contribution in [3.8, 4) is 5.75 Å². The van der Waals surface area contributed by atoms with Crippen molar-refractivity contribution >= 4 is 72.6 Å². The third-order valence-electron chi connectivity index (χ3n) is 5.45. The number of rotatable bonds is 6. The van der Waals surface area contributed by atoms with Crippen LogP contribution in [0.4, 0.5) is 0 Å². The van der Waals surface area contributed by atoms with E-state index in [0.29, 0.717) is 35.5 Å². The third kappa shape index (κ3) is 3.68. The van der Waals surface area contributed by atoms with Gasteiger partial charge in [0.15, 0.2) is 5.75 Å². The molecule has 2 heterocycles. The number of hydrazine groups is 2. The molecule has 0 saturated heterocycles. The molecule has 32 heavy (non-hydrogen) atoms. The first-order chi connectivity index (χ1) is 15.4. The van der Waals surface area contributed by atoms with Gasteiger partial charge in [0.2, 0.25) is 0 Å². The number of amidine groups is 1. The van der Waals surface area contributed by atoms with Gasteiger partial charge in [0.25, 0.3) is 5.84 Å². The zero-order chi connectivity index (χ0) is 22.4. The van der Waals surface area contributed by atoms with Crippen LogP contribution in [0.3, 0.4) is 0 Å². The predicted octanol–water partition coefficient (Wildman–Crippen LogP) is 3.58. The SMILES string of the molecule is CC(N)=[NH+]N(N)CCCOc1c2[nH]c3ccc(Cl)cc3c2cc2c1[nH]c1ccc(Cl)cc12. The van der Waals surface area contributed by atoms with E-state index in [1.807, 2.05) is 36.4 Å². The first kappa shape index (κ1) is 20.8. The Morgan fingerprint density at radius 2 is 1.50 bits per heavy atom. The van der Waals surface area contributed by atoms with Gasteiger partial charge in [-0.05, 0) is 42.5 Å². The summed E-state index contributed by atoms with van der Waals surface area (Å²) < 4.78 is 6.33. The smallest absolute Gasteiger partial charge is 0.261 e. The van der Waals surface area contributed by atoms with Crippen LogP contribution in [0.15, 0.2) is 42.5 Å². The van der Waals surface area contributed by atoms with Crippen LogP contribution in [-0.4, -0.2) is 34.1 Å². The summed E-state index contributed by atoms with van der Waals surface area (Å²) in [5.74, 6) is 7.19. The molecule has 0 radical (unpaired) electrons. The van der Waals surface area contributed by atoms with Crippen LogP contribution in [0, 0.1) is 0 Å². The molecule has 0 unspecified atom stereocenters. The molecule has 0 aliphatic carbocycles. The molecule has 5 rings (SSSR count). The Bertz CT molecular complexity index is 1400. The van der Waals surface area contributed by atoms with E-state index < -0.39 is 0 Å². The number of hydrazone groups is 1. The van der Waals surface area contributed by atoms with Crippen LogP contribution in [-0.2, 0) is 0 Å². The van der Waals surface area contributed by atoms with Crippen LogP contribution in [0.1, 0.15) is 13.3 Å². The van der Waals surface area contributed by atoms with Gasteiger partial charge in [-0.25, -0.2) is 5.84 Å². The fourth-order valence-electron chi connectivity index (χ4n) is 4.13. The fraction of sp³-hybridized carbons (Fsp3) is 0.174. The standard InChI is InChI=1S/C23H22Cl2N6O/c1-12(26)30-31(27)7-2-8-32-23-21-17(15-9-13(24)3-5-19(15)28-21)11-18-16-10-14(25)4-6-20(16)29-22(18)23/h3-6,9-11,28-29H,2,7-8,27H2,1H3,(H2,26,30)/p+1. The largest absolute Gasteiger partial charge is 0.489 e. The molecule has 164 valence electrons. The number of nitrogens with two attached hydrogens (primary N) is 2. The zero-order valence-corrected chi connectivity index (χ0v) is 18.9. The van der Waals surface area contributed by atoms with Gasteiger partial charge in [-0.3, -0.25) is 5.73 Å². The molecule has 0 atom stereocenters. The monoisotopic (exact) mass is 469 g/mol. The Morgan fingerprint density at radius 1 is 0.938 bits per heavy atom. The van der Waals surface area contributed by atoms with E-state index in [0.717, 1.165) is 49.4 Å². The lowest BCUT2D eigenvalue weighted by molar-refractivity contribution is -0.650. The van der Waals surface area contributed by atoms with Gasteiger partial charge in [-0.1, -0.05) is 23.2 Å². The predicted molar refractivity (Wildman–Crippen MR) is 132 cm³/mol. The number of H-pyrrole nitrogens is 2. The molecule has 0 spiro atoms. The maximum atomic E-state index is 6.33. The highest BCUT2D eigenvalue weighted by atomic mass is 35.5. The summed E-state index contributed by atoms with van der Waals surface area (Å²) in [7, 11) is 0. The third-order valence-corrected chi connectivity index (χ3v) is 5.92. The second-order valence-corrected chi connectivity index (χ2v) is 8.74. The van der Waals surface area contributed by atoms with E-state index in [4.69, 9.17) is 39.5 Å². The summed E-state index contributed by atoms with van der Waals surface area (Å²) in [6.07, 6.45) is 0.701. The van der Waals surface area contributed by atoms with E-state index in [1.54, 1.807) is 6.92 Å². The Hall–Kier alpha value is -3.13. The number of nitrogens with zero attached hydrogens (tertiary/aromatic N) is 1. The summed E-state index contributed by atoms with van der Waals surface area (Å²) in [6, 6.07) is 13.8. The molecule has 0 fully saturated rings. The van der Waals surface area contributed by atoms with E-state index in [-0.39, 0.29) is 0 Å². The van der Waals surface area contributed by atoms with Crippen molar-refractivity contribution in [1.29, 1.82) is 0 Å². The van der Waals surface area contributed by atoms with Crippen molar-refractivity contribution in [2.45, 2.75) is 13.3 Å². The number of hydrogen-bond donors (Lipinski definition) is 5. The van der Waals surface area contributed by atoms with Crippen LogP contribution in [0.2, 0.25) is 10.0 Å². The molecular weight excluding hydrogens is 447 g/mol. The van der Waals surface area contributed by atoms with Crippen LogP contribution in [0.5, 0.6) is 5.75 Å². The van der Waals surface area contributed by atoms with Gasteiger partial charge in [-0.15, -0.1) is 0 Å². The highest BCUT2D eigenvalue weighted by molar-refractivity contribution is 6.33. The number of hydrogen-bond acceptors (Lipinski definition) is 3. The van der Waals surface area contributed by atoms with Gasteiger partial charge in [0, 0.05) is 56.0 Å². The number of aromatic nitrogens is 2. The highest BCUT2D eigenvalue weighted by Crippen LogP contribution is 2.41. The topological polar surface area (TPSA) is 110 Å². The lowest BCUT2D eigenvalue weighted by Crippen LogP contribution is -2.87. The number of nitrogens with one attached hydrogen (secondary N) is 3. The van der Waals surface area contributed by atoms with Gasteiger partial charge in [0.05, 0.1) is 24.2 Å². The van der Waals surface area contributed by atoms with Crippen LogP contribution in [0.25, 0.3) is 43.6 Å². The molecule has 0 aliphatic heterocycles. The van der Waals surface area contributed by atoms with E-state index >= 15 is 0 Å². The average Bonchev–Trinajstić information content (AvgIpc) is 3.28. The van der Waals surface area contributed by atoms with Crippen molar-refractivity contribution in [3.63, 3.8) is 0 Å². The molecule has 0 amide bonds. The van der Waals surface area contributed by atoms with E-state index in [1.165, 1.54) is 5.12 Å². The van der Waals surface area contributed by atoms with Crippen molar-refractivity contribution in [2.75, 3.05) is 13.2 Å². The molecule has 0 bridgehead atoms. The lowest BCUT2D eigenvalue weighted by Gasteiger charge is -2.12. The minimum Gasteiger partial charge on any atom is -0.489 e. The second-order valence-electron chi connectivity index (χ2n) is 7.87. The van der Waals surface area contributed by atoms with Crippen molar-refractivity contribution < 1.29 is 9.84 Å². The van der Waals surface area contributed by atoms with E-state index in [9.17, 15) is 0 Å². The van der Waals surface area contributed by atoms with Crippen molar-refractivity contribution in [3.05, 3.63) is 52.5 Å². The Kier molecular flexibility index (Phi) is 5.25. The van der Waals surface area contributed by atoms with Gasteiger partial charge < -0.3 is 14.7 Å². The van der Waals surface area contributed by atoms with Gasteiger partial charge in [-0.2, -0.15) is 10.2 Å². The maximum Gasteiger partial charge on any atom is 0.261 e. The van der Waals surface area contributed by atoms with Crippen LogP contribution < -0.4 is 21.4 Å². The highest BCUT2D eigenvalue weighted by Gasteiger charge is 2.18. The molecule has 5 aromatic rings. The Morgan fingerprint density at radius 3 is 2.03 bits per heavy atom. The minimum atomic E-state index is 0.472.